The molecule has 2 aliphatic heterocycles. The smallest absolute Gasteiger partial charge is 0.252 e. The summed E-state index contributed by atoms with van der Waals surface area (Å²) >= 11 is 0. The Morgan fingerprint density at radius 1 is 0.429 bits per heavy atom. The lowest BCUT2D eigenvalue weighted by molar-refractivity contribution is 0.332. The van der Waals surface area contributed by atoms with E-state index < -0.39 is 0 Å². The highest BCUT2D eigenvalue weighted by Crippen LogP contribution is 2.57. The van der Waals surface area contributed by atoms with Gasteiger partial charge in [0.25, 0.3) is 6.71 Å². The van der Waals surface area contributed by atoms with E-state index in [9.17, 15) is 0 Å². The van der Waals surface area contributed by atoms with E-state index in [1.54, 1.807) is 0 Å². The van der Waals surface area contributed by atoms with E-state index in [1.165, 1.54) is 136 Å². The van der Waals surface area contributed by atoms with Crippen LogP contribution in [0.15, 0.2) is 152 Å². The standard InChI is InChI=1S/C73H78BN3/c1-45-23-16-20-28-59(45)75(60-29-21-17-24-46(60)2)49-32-34-57-62(42-49)77(61-30-22-26-51-50-25-18-19-27-52(50)73(14,15)66(51)61)65-40-47(68(3,4)5)39-64-67(65)74(57)58-43-55-56(72(12,13)38-37-71(55,10)11)44-63(58)76(64)48-31-33-53-54(41-48)70(8,9)36-35-69(53,6)7/h16-34,39-44H,35-38H2,1-15H3. The van der Waals surface area contributed by atoms with E-state index in [-0.39, 0.29) is 39.2 Å². The molecule has 0 aromatic heterocycles. The Kier molecular flexibility index (Phi) is 10.7. The second kappa shape index (κ2) is 16.6. The van der Waals surface area contributed by atoms with Gasteiger partial charge in [0.05, 0.1) is 5.69 Å². The van der Waals surface area contributed by atoms with Crippen LogP contribution in [0.25, 0.3) is 11.1 Å². The Labute approximate surface area is 461 Å². The first-order valence-electron chi connectivity index (χ1n) is 28.8. The molecule has 8 aromatic carbocycles. The second-order valence-electron chi connectivity index (χ2n) is 28.0. The maximum atomic E-state index is 2.74. The summed E-state index contributed by atoms with van der Waals surface area (Å²) in [6.07, 6.45) is 4.67. The molecule has 0 unspecified atom stereocenters. The van der Waals surface area contributed by atoms with E-state index in [4.69, 9.17) is 0 Å². The fraction of sp³-hybridized carbons (Fsp3) is 0.342. The minimum atomic E-state index is -0.257. The summed E-state index contributed by atoms with van der Waals surface area (Å²) in [6.45, 7) is 36.5. The zero-order valence-corrected chi connectivity index (χ0v) is 48.7. The number of hydrogen-bond donors (Lipinski definition) is 0. The van der Waals surface area contributed by atoms with E-state index in [1.807, 2.05) is 0 Å². The molecule has 4 heteroatoms. The minimum Gasteiger partial charge on any atom is -0.311 e. The van der Waals surface area contributed by atoms with Gasteiger partial charge < -0.3 is 14.7 Å². The molecule has 3 nitrogen and oxygen atoms in total. The van der Waals surface area contributed by atoms with Gasteiger partial charge in [0.15, 0.2) is 0 Å². The normalized spacial score (nSPS) is 18.3. The van der Waals surface area contributed by atoms with Crippen molar-refractivity contribution >= 4 is 74.3 Å². The molecule has 0 radical (unpaired) electrons. The summed E-state index contributed by atoms with van der Waals surface area (Å²) in [6, 6.07) is 59.8. The zero-order valence-electron chi connectivity index (χ0n) is 48.7. The van der Waals surface area contributed by atoms with Gasteiger partial charge in [0.1, 0.15) is 0 Å². The van der Waals surface area contributed by atoms with Gasteiger partial charge in [-0.3, -0.25) is 0 Å². The third-order valence-electron chi connectivity index (χ3n) is 19.8. The Morgan fingerprint density at radius 3 is 1.58 bits per heavy atom. The van der Waals surface area contributed by atoms with Crippen molar-refractivity contribution in [3.8, 4) is 11.1 Å². The van der Waals surface area contributed by atoms with E-state index in [0.29, 0.717) is 0 Å². The van der Waals surface area contributed by atoms with Crippen LogP contribution in [0.4, 0.5) is 51.2 Å². The van der Waals surface area contributed by atoms with Gasteiger partial charge in [-0.2, -0.15) is 0 Å². The molecule has 77 heavy (non-hydrogen) atoms. The third kappa shape index (κ3) is 7.36. The van der Waals surface area contributed by atoms with Crippen LogP contribution in [0.5, 0.6) is 0 Å². The first-order valence-corrected chi connectivity index (χ1v) is 28.8. The number of hydrogen-bond acceptors (Lipinski definition) is 3. The van der Waals surface area contributed by atoms with Crippen LogP contribution in [-0.2, 0) is 32.5 Å². The maximum absolute atomic E-state index is 2.74. The van der Waals surface area contributed by atoms with Crippen LogP contribution in [0, 0.1) is 13.8 Å². The molecule has 0 amide bonds. The first-order chi connectivity index (χ1) is 36.4. The van der Waals surface area contributed by atoms with Crippen molar-refractivity contribution in [2.24, 2.45) is 0 Å². The number of nitrogens with zero attached hydrogens (tertiary/aromatic N) is 3. The number of benzene rings is 8. The van der Waals surface area contributed by atoms with Gasteiger partial charge in [-0.1, -0.05) is 181 Å². The lowest BCUT2D eigenvalue weighted by Crippen LogP contribution is -2.62. The van der Waals surface area contributed by atoms with Gasteiger partial charge in [-0.25, -0.2) is 0 Å². The van der Waals surface area contributed by atoms with E-state index in [2.05, 4.69) is 270 Å². The fourth-order valence-electron chi connectivity index (χ4n) is 14.9. The number of para-hydroxylation sites is 2. The summed E-state index contributed by atoms with van der Waals surface area (Å²) in [5.41, 5.74) is 30.3. The Hall–Kier alpha value is -6.78. The molecule has 388 valence electrons. The number of rotatable bonds is 5. The molecule has 5 aliphatic rings. The Bertz CT molecular complexity index is 3740. The SMILES string of the molecule is Cc1ccccc1N(c1ccc2c(c1)N(c1cccc3c1C(C)(C)c1ccccc1-3)c1cc(C(C)(C)C)cc3c1B2c1cc2c(cc1N3c1ccc3c(c1)C(C)(C)CCC3(C)C)C(C)(C)CCC2(C)C)c1ccccc1C. The van der Waals surface area contributed by atoms with Crippen LogP contribution < -0.4 is 31.1 Å². The molecule has 0 saturated heterocycles. The average molecular weight is 1010 g/mol. The quantitative estimate of drug-likeness (QED) is 0.159. The van der Waals surface area contributed by atoms with Crippen molar-refractivity contribution in [2.75, 3.05) is 14.7 Å². The van der Waals surface area contributed by atoms with Gasteiger partial charge >= 0.3 is 0 Å². The lowest BCUT2D eigenvalue weighted by atomic mass is 9.33. The highest BCUT2D eigenvalue weighted by atomic mass is 15.2. The Balaban J connectivity index is 1.18. The summed E-state index contributed by atoms with van der Waals surface area (Å²) in [4.78, 5) is 7.98. The molecule has 0 atom stereocenters. The first kappa shape index (κ1) is 49.8. The van der Waals surface area contributed by atoms with E-state index in [0.717, 1.165) is 18.5 Å². The number of fused-ring (bicyclic) bond motifs is 9. The summed E-state index contributed by atoms with van der Waals surface area (Å²) in [5, 5.41) is 0. The number of aryl methyl sites for hydroxylation is 2. The van der Waals surface area contributed by atoms with Crippen LogP contribution in [-0.4, -0.2) is 6.71 Å². The van der Waals surface area contributed by atoms with Crippen LogP contribution >= 0.6 is 0 Å². The fourth-order valence-corrected chi connectivity index (χ4v) is 14.9. The number of anilines is 9. The summed E-state index contributed by atoms with van der Waals surface area (Å²) < 4.78 is 0. The van der Waals surface area contributed by atoms with Gasteiger partial charge in [0.2, 0.25) is 0 Å². The highest BCUT2D eigenvalue weighted by Gasteiger charge is 2.49. The average Bonchev–Trinajstić information content (AvgIpc) is 3.85. The van der Waals surface area contributed by atoms with Crippen molar-refractivity contribution in [3.05, 3.63) is 202 Å². The largest absolute Gasteiger partial charge is 0.311 e. The van der Waals surface area contributed by atoms with E-state index >= 15 is 0 Å². The molecule has 0 saturated carbocycles. The molecule has 0 bridgehead atoms. The predicted molar refractivity (Wildman–Crippen MR) is 331 cm³/mol. The topological polar surface area (TPSA) is 9.72 Å². The van der Waals surface area contributed by atoms with Crippen molar-refractivity contribution < 1.29 is 0 Å². The zero-order chi connectivity index (χ0) is 54.1. The minimum absolute atomic E-state index is 0.0193. The van der Waals surface area contributed by atoms with Crippen molar-refractivity contribution in [1.29, 1.82) is 0 Å². The van der Waals surface area contributed by atoms with Crippen molar-refractivity contribution in [3.63, 3.8) is 0 Å². The van der Waals surface area contributed by atoms with Gasteiger partial charge in [-0.15, -0.1) is 0 Å². The second-order valence-corrected chi connectivity index (χ2v) is 28.0. The van der Waals surface area contributed by atoms with Crippen molar-refractivity contribution in [2.45, 2.75) is 162 Å². The molecule has 0 fully saturated rings. The molecular formula is C73H78BN3. The molecule has 0 spiro atoms. The monoisotopic (exact) mass is 1010 g/mol. The van der Waals surface area contributed by atoms with Crippen LogP contribution in [0.2, 0.25) is 0 Å². The molecular weight excluding hydrogens is 930 g/mol. The molecule has 8 aromatic rings. The molecule has 2 heterocycles. The summed E-state index contributed by atoms with van der Waals surface area (Å²) in [5.74, 6) is 0. The molecule has 3 aliphatic carbocycles. The molecule has 0 N–H and O–H groups in total. The third-order valence-corrected chi connectivity index (χ3v) is 19.8. The highest BCUT2D eigenvalue weighted by molar-refractivity contribution is 7.00. The van der Waals surface area contributed by atoms with Crippen molar-refractivity contribution in [1.82, 2.24) is 0 Å². The lowest BCUT2D eigenvalue weighted by Gasteiger charge is -2.48. The Morgan fingerprint density at radius 2 is 0.961 bits per heavy atom. The van der Waals surface area contributed by atoms with Crippen LogP contribution in [0.1, 0.15) is 166 Å². The van der Waals surface area contributed by atoms with Gasteiger partial charge in [-0.05, 0) is 205 Å². The molecule has 13 rings (SSSR count). The van der Waals surface area contributed by atoms with Crippen LogP contribution in [0.3, 0.4) is 0 Å². The summed E-state index contributed by atoms with van der Waals surface area (Å²) in [7, 11) is 0. The maximum Gasteiger partial charge on any atom is 0.252 e. The van der Waals surface area contributed by atoms with Gasteiger partial charge in [0, 0.05) is 50.9 Å². The predicted octanol–water partition coefficient (Wildman–Crippen LogP) is 18.2.